The second-order valence-electron chi connectivity index (χ2n) is 8.59. The highest BCUT2D eigenvalue weighted by atomic mass is 32.2. The second-order valence-corrected chi connectivity index (χ2v) is 10.5. The molecule has 1 saturated carbocycles. The zero-order chi connectivity index (χ0) is 21.9. The lowest BCUT2D eigenvalue weighted by Crippen LogP contribution is -2.42. The summed E-state index contributed by atoms with van der Waals surface area (Å²) in [5, 5.41) is 18.9. The molecule has 2 N–H and O–H groups in total. The number of nitriles is 1. The predicted molar refractivity (Wildman–Crippen MR) is 113 cm³/mol. The molecule has 10 nitrogen and oxygen atoms in total. The molecule has 0 radical (unpaired) electrons. The van der Waals surface area contributed by atoms with Crippen LogP contribution in [-0.4, -0.2) is 58.6 Å². The minimum absolute atomic E-state index is 0.0314. The molecule has 2 aliphatic rings. The van der Waals surface area contributed by atoms with Crippen molar-refractivity contribution in [1.29, 1.82) is 5.26 Å². The summed E-state index contributed by atoms with van der Waals surface area (Å²) in [6, 6.07) is 2.12. The maximum atomic E-state index is 12.6. The summed E-state index contributed by atoms with van der Waals surface area (Å²) in [5.41, 5.74) is 0.437. The van der Waals surface area contributed by atoms with Gasteiger partial charge in [-0.15, -0.1) is 0 Å². The van der Waals surface area contributed by atoms with Gasteiger partial charge >= 0.3 is 0 Å². The van der Waals surface area contributed by atoms with E-state index in [1.807, 2.05) is 0 Å². The third kappa shape index (κ3) is 4.80. The molecule has 0 unspecified atom stereocenters. The predicted octanol–water partition coefficient (Wildman–Crippen LogP) is 2.30. The van der Waals surface area contributed by atoms with Crippen molar-refractivity contribution in [3.63, 3.8) is 0 Å². The number of hydrogen-bond donors (Lipinski definition) is 2. The Hall–Kier alpha value is -2.71. The second kappa shape index (κ2) is 8.80. The summed E-state index contributed by atoms with van der Waals surface area (Å²) in [5.74, 6) is 0.690. The third-order valence-electron chi connectivity index (χ3n) is 6.14. The quantitative estimate of drug-likeness (QED) is 0.662. The number of nitrogens with zero attached hydrogens (tertiary/aromatic N) is 5. The minimum atomic E-state index is -3.53. The number of piperidine rings is 1. The molecule has 1 aliphatic carbocycles. The van der Waals surface area contributed by atoms with Crippen molar-refractivity contribution in [2.75, 3.05) is 25.0 Å². The van der Waals surface area contributed by atoms with Gasteiger partial charge in [-0.2, -0.15) is 19.6 Å². The Labute approximate surface area is 182 Å². The number of aromatic nitrogens is 4. The average molecular weight is 446 g/mol. The lowest BCUT2D eigenvalue weighted by Gasteiger charge is -2.31. The molecule has 0 amide bonds. The SMILES string of the molecule is CC1(COc2nc(NC3CCN(S(=O)(=O)c4cn[nH]c4)CC3)ncc2C#N)CCCC1. The van der Waals surface area contributed by atoms with Crippen LogP contribution in [0.1, 0.15) is 51.0 Å². The first-order chi connectivity index (χ1) is 14.9. The van der Waals surface area contributed by atoms with E-state index in [0.717, 1.165) is 12.8 Å². The van der Waals surface area contributed by atoms with E-state index in [-0.39, 0.29) is 16.4 Å². The van der Waals surface area contributed by atoms with Crippen LogP contribution in [0.2, 0.25) is 0 Å². The maximum absolute atomic E-state index is 12.6. The zero-order valence-corrected chi connectivity index (χ0v) is 18.4. The van der Waals surface area contributed by atoms with E-state index in [1.54, 1.807) is 0 Å². The highest BCUT2D eigenvalue weighted by molar-refractivity contribution is 7.89. The van der Waals surface area contributed by atoms with Gasteiger partial charge in [-0.1, -0.05) is 19.8 Å². The summed E-state index contributed by atoms with van der Waals surface area (Å²) in [4.78, 5) is 8.84. The molecule has 1 saturated heterocycles. The van der Waals surface area contributed by atoms with Crippen molar-refractivity contribution in [1.82, 2.24) is 24.5 Å². The smallest absolute Gasteiger partial charge is 0.246 e. The van der Waals surface area contributed by atoms with Crippen molar-refractivity contribution >= 4 is 16.0 Å². The Balaban J connectivity index is 1.37. The number of nitrogens with one attached hydrogen (secondary N) is 2. The van der Waals surface area contributed by atoms with Crippen molar-refractivity contribution in [3.05, 3.63) is 24.2 Å². The average Bonchev–Trinajstić information content (AvgIpc) is 3.46. The Kier molecular flexibility index (Phi) is 6.11. The van der Waals surface area contributed by atoms with Crippen LogP contribution in [0.3, 0.4) is 0 Å². The van der Waals surface area contributed by atoms with Crippen LogP contribution < -0.4 is 10.1 Å². The molecule has 3 heterocycles. The molecule has 31 heavy (non-hydrogen) atoms. The van der Waals surface area contributed by atoms with Crippen LogP contribution in [0.4, 0.5) is 5.95 Å². The number of rotatable bonds is 7. The molecule has 1 aliphatic heterocycles. The summed E-state index contributed by atoms with van der Waals surface area (Å²) < 4.78 is 32.6. The summed E-state index contributed by atoms with van der Waals surface area (Å²) in [6.45, 7) is 3.52. The molecule has 2 fully saturated rings. The van der Waals surface area contributed by atoms with Crippen LogP contribution in [0.5, 0.6) is 5.88 Å². The fraction of sp³-hybridized carbons (Fsp3) is 0.600. The molecule has 4 rings (SSSR count). The molecule has 11 heteroatoms. The number of hydrogen-bond acceptors (Lipinski definition) is 8. The van der Waals surface area contributed by atoms with E-state index < -0.39 is 10.0 Å². The Bertz CT molecular complexity index is 1040. The van der Waals surface area contributed by atoms with E-state index in [9.17, 15) is 13.7 Å². The summed E-state index contributed by atoms with van der Waals surface area (Å²) in [7, 11) is -3.53. The molecule has 0 spiro atoms. The van der Waals surface area contributed by atoms with E-state index in [0.29, 0.717) is 49.9 Å². The van der Waals surface area contributed by atoms with E-state index >= 15 is 0 Å². The third-order valence-corrected chi connectivity index (χ3v) is 8.00. The number of aromatic amines is 1. The topological polar surface area (TPSA) is 137 Å². The summed E-state index contributed by atoms with van der Waals surface area (Å²) in [6.07, 6.45) is 10.1. The van der Waals surface area contributed by atoms with Crippen molar-refractivity contribution in [3.8, 4) is 11.9 Å². The number of ether oxygens (including phenoxy) is 1. The van der Waals surface area contributed by atoms with Gasteiger partial charge in [0, 0.05) is 30.7 Å². The first-order valence-electron chi connectivity index (χ1n) is 10.6. The number of anilines is 1. The molecule has 0 bridgehead atoms. The Morgan fingerprint density at radius 2 is 2.06 bits per heavy atom. The van der Waals surface area contributed by atoms with Crippen molar-refractivity contribution < 1.29 is 13.2 Å². The lowest BCUT2D eigenvalue weighted by molar-refractivity contribution is 0.162. The fourth-order valence-corrected chi connectivity index (χ4v) is 5.57. The first kappa shape index (κ1) is 21.5. The van der Waals surface area contributed by atoms with Crippen molar-refractivity contribution in [2.24, 2.45) is 5.41 Å². The fourth-order valence-electron chi connectivity index (χ4n) is 4.19. The number of sulfonamides is 1. The standard InChI is InChI=1S/C20H27N7O3S/c1-20(6-2-3-7-20)14-30-18-15(10-21)11-22-19(26-18)25-16-4-8-27(9-5-16)31(28,29)17-12-23-24-13-17/h11-13,16H,2-9,14H2,1H3,(H,23,24)(H,22,25,26). The van der Waals surface area contributed by atoms with Gasteiger partial charge in [0.1, 0.15) is 16.5 Å². The van der Waals surface area contributed by atoms with E-state index in [2.05, 4.69) is 38.5 Å². The van der Waals surface area contributed by atoms with Crippen LogP contribution in [0.25, 0.3) is 0 Å². The van der Waals surface area contributed by atoms with Gasteiger partial charge in [0.25, 0.3) is 0 Å². The van der Waals surface area contributed by atoms with E-state index in [4.69, 9.17) is 4.74 Å². The molecular formula is C20H27N7O3S. The molecule has 2 aromatic heterocycles. The maximum Gasteiger partial charge on any atom is 0.246 e. The van der Waals surface area contributed by atoms with Gasteiger partial charge in [-0.25, -0.2) is 13.4 Å². The molecule has 166 valence electrons. The van der Waals surface area contributed by atoms with E-state index in [1.165, 1.54) is 35.7 Å². The van der Waals surface area contributed by atoms with Crippen molar-refractivity contribution in [2.45, 2.75) is 56.4 Å². The highest BCUT2D eigenvalue weighted by Gasteiger charge is 2.31. The first-order valence-corrected chi connectivity index (χ1v) is 12.0. The normalized spacial score (nSPS) is 19.7. The Morgan fingerprint density at radius 3 is 2.71 bits per heavy atom. The van der Waals surface area contributed by atoms with Gasteiger partial charge in [0.2, 0.25) is 21.9 Å². The lowest BCUT2D eigenvalue weighted by atomic mass is 9.90. The molecule has 2 aromatic rings. The van der Waals surface area contributed by atoms with Crippen LogP contribution in [0.15, 0.2) is 23.5 Å². The van der Waals surface area contributed by atoms with Crippen LogP contribution >= 0.6 is 0 Å². The van der Waals surface area contributed by atoms with Crippen LogP contribution in [0, 0.1) is 16.7 Å². The highest BCUT2D eigenvalue weighted by Crippen LogP contribution is 2.38. The molecular weight excluding hydrogens is 418 g/mol. The van der Waals surface area contributed by atoms with Gasteiger partial charge in [-0.05, 0) is 25.7 Å². The van der Waals surface area contributed by atoms with Gasteiger partial charge in [-0.3, -0.25) is 5.10 Å². The molecule has 0 aromatic carbocycles. The van der Waals surface area contributed by atoms with Gasteiger partial charge in [0.05, 0.1) is 19.0 Å². The minimum Gasteiger partial charge on any atom is -0.476 e. The Morgan fingerprint density at radius 1 is 1.32 bits per heavy atom. The van der Waals surface area contributed by atoms with Gasteiger partial charge in [0.15, 0.2) is 0 Å². The monoisotopic (exact) mass is 445 g/mol. The molecule has 0 atom stereocenters. The van der Waals surface area contributed by atoms with Crippen LogP contribution in [-0.2, 0) is 10.0 Å². The zero-order valence-electron chi connectivity index (χ0n) is 17.5. The summed E-state index contributed by atoms with van der Waals surface area (Å²) >= 11 is 0. The largest absolute Gasteiger partial charge is 0.476 e. The van der Waals surface area contributed by atoms with Gasteiger partial charge < -0.3 is 10.1 Å². The number of H-pyrrole nitrogens is 1.